The average molecular weight is 584 g/mol. The average Bonchev–Trinajstić information content (AvgIpc) is 3.23. The first-order valence-electron chi connectivity index (χ1n) is 14.0. The molecule has 227 valence electrons. The minimum atomic E-state index is -1.07. The molecule has 0 aromatic heterocycles. The van der Waals surface area contributed by atoms with Crippen molar-refractivity contribution in [2.45, 2.75) is 83.5 Å². The molecule has 12 nitrogen and oxygen atoms in total. The van der Waals surface area contributed by atoms with Crippen molar-refractivity contribution < 1.29 is 39.2 Å². The van der Waals surface area contributed by atoms with Crippen molar-refractivity contribution in [3.63, 3.8) is 0 Å². The fraction of sp³-hybridized carbons (Fsp3) is 0.467. The molecule has 1 atom stereocenters. The number of carbonyl (C=O) groups is 2. The number of guanidine groups is 1. The summed E-state index contributed by atoms with van der Waals surface area (Å²) >= 11 is 0. The summed E-state index contributed by atoms with van der Waals surface area (Å²) in [6.07, 6.45) is 1.27. The number of alkyl carbamates (subject to hydrolysis) is 1. The monoisotopic (exact) mass is 583 g/mol. The first kappa shape index (κ1) is 31.2. The second-order valence-electron chi connectivity index (χ2n) is 11.8. The van der Waals surface area contributed by atoms with Gasteiger partial charge in [0.2, 0.25) is 5.96 Å². The van der Waals surface area contributed by atoms with E-state index in [1.54, 1.807) is 34.6 Å². The largest absolute Gasteiger partial charge is 0.480 e. The molecule has 0 fully saturated rings. The lowest BCUT2D eigenvalue weighted by molar-refractivity contribution is -0.372. The summed E-state index contributed by atoms with van der Waals surface area (Å²) in [6.45, 7) is 9.17. The van der Waals surface area contributed by atoms with E-state index in [-0.39, 0.29) is 24.7 Å². The van der Waals surface area contributed by atoms with Crippen LogP contribution in [0, 0.1) is 6.10 Å². The van der Waals surface area contributed by atoms with Crippen molar-refractivity contribution in [1.29, 1.82) is 0 Å². The summed E-state index contributed by atoms with van der Waals surface area (Å²) in [6, 6.07) is 15.0. The molecule has 0 bridgehead atoms. The number of oxime groups is 1. The number of carboxylic acids is 1. The Kier molecular flexibility index (Phi) is 10.0. The van der Waals surface area contributed by atoms with Gasteiger partial charge in [-0.3, -0.25) is 10.1 Å². The Morgan fingerprint density at radius 1 is 1.05 bits per heavy atom. The molecule has 1 aliphatic carbocycles. The number of rotatable bonds is 2. The molecule has 2 aliphatic rings. The molecule has 2 aromatic rings. The third-order valence-electron chi connectivity index (χ3n) is 6.62. The van der Waals surface area contributed by atoms with E-state index >= 15 is 0 Å². The Labute approximate surface area is 245 Å². The van der Waals surface area contributed by atoms with Gasteiger partial charge in [0.15, 0.2) is 6.10 Å². The molecule has 2 aromatic carbocycles. The van der Waals surface area contributed by atoms with Crippen LogP contribution in [0.1, 0.15) is 77.3 Å². The molecule has 1 amide bonds. The Morgan fingerprint density at radius 2 is 1.69 bits per heavy atom. The quantitative estimate of drug-likeness (QED) is 0.359. The highest BCUT2D eigenvalue weighted by Crippen LogP contribution is 2.51. The standard InChI is InChI=1S/C30H39N4O8/c1-29(2,3)38-28(37)32-27-31-17-11-10-16-23(26(35)36)33-41-39-24(18-30(4,5)40-42-34-27)25-21-14-8-6-12-19(21)20-13-7-9-15-22(20)25/h6-9,12-15,23,25,33H,10-11,16-18H2,1-5H3,(H,35,36)(H2,31,32,34,37)/t23-/m0/s1. The van der Waals surface area contributed by atoms with Gasteiger partial charge in [-0.2, -0.15) is 10.4 Å². The van der Waals surface area contributed by atoms with Gasteiger partial charge in [-0.15, -0.1) is 4.99 Å². The lowest BCUT2D eigenvalue weighted by Crippen LogP contribution is -2.44. The number of ether oxygens (including phenoxy) is 1. The van der Waals surface area contributed by atoms with Gasteiger partial charge in [0.25, 0.3) is 0 Å². The maximum atomic E-state index is 12.4. The van der Waals surface area contributed by atoms with E-state index in [0.717, 1.165) is 22.3 Å². The molecule has 0 unspecified atom stereocenters. The number of carbonyl (C=O) groups excluding carboxylic acids is 1. The van der Waals surface area contributed by atoms with Crippen molar-refractivity contribution in [3.05, 3.63) is 65.8 Å². The van der Waals surface area contributed by atoms with Gasteiger partial charge in [0.1, 0.15) is 17.2 Å². The lowest BCUT2D eigenvalue weighted by Gasteiger charge is -2.30. The fourth-order valence-corrected chi connectivity index (χ4v) is 4.84. The van der Waals surface area contributed by atoms with Crippen LogP contribution >= 0.6 is 0 Å². The van der Waals surface area contributed by atoms with E-state index in [0.29, 0.717) is 25.5 Å². The number of hydrogen-bond donors (Lipinski definition) is 4. The molecule has 4 N–H and O–H groups in total. The molecular formula is C30H39N4O8. The number of fused-ring (bicyclic) bond motifs is 3. The summed E-state index contributed by atoms with van der Waals surface area (Å²) in [5.74, 6) is -1.40. The number of nitrogens with one attached hydrogen (secondary N) is 3. The van der Waals surface area contributed by atoms with E-state index in [9.17, 15) is 14.7 Å². The Bertz CT molecular complexity index is 1230. The van der Waals surface area contributed by atoms with Crippen LogP contribution in [-0.2, 0) is 29.3 Å². The topological polar surface area (TPSA) is 149 Å². The van der Waals surface area contributed by atoms with Gasteiger partial charge in [-0.25, -0.2) is 14.7 Å². The van der Waals surface area contributed by atoms with Crippen LogP contribution in [0.3, 0.4) is 0 Å². The summed E-state index contributed by atoms with van der Waals surface area (Å²) in [5, 5.41) is 19.2. The molecule has 0 spiro atoms. The number of amides is 1. The van der Waals surface area contributed by atoms with Gasteiger partial charge < -0.3 is 15.2 Å². The zero-order valence-corrected chi connectivity index (χ0v) is 24.6. The fourth-order valence-electron chi connectivity index (χ4n) is 4.84. The third kappa shape index (κ3) is 8.41. The Hall–Kier alpha value is -3.71. The van der Waals surface area contributed by atoms with Crippen LogP contribution in [0.25, 0.3) is 11.1 Å². The van der Waals surface area contributed by atoms with Crippen LogP contribution in [-0.4, -0.2) is 46.9 Å². The third-order valence-corrected chi connectivity index (χ3v) is 6.62. The van der Waals surface area contributed by atoms with Gasteiger partial charge in [0.05, 0.1) is 0 Å². The number of hydrogen-bond acceptors (Lipinski definition) is 10. The van der Waals surface area contributed by atoms with Crippen LogP contribution in [0.15, 0.2) is 53.7 Å². The van der Waals surface area contributed by atoms with Gasteiger partial charge >= 0.3 is 12.1 Å². The van der Waals surface area contributed by atoms with Crippen molar-refractivity contribution in [1.82, 2.24) is 16.1 Å². The Balaban J connectivity index is 1.60. The highest BCUT2D eigenvalue weighted by molar-refractivity contribution is 5.93. The first-order chi connectivity index (χ1) is 19.9. The normalized spacial score (nSPS) is 20.7. The van der Waals surface area contributed by atoms with Gasteiger partial charge in [-0.05, 0) is 81.3 Å². The summed E-state index contributed by atoms with van der Waals surface area (Å²) in [4.78, 5) is 46.4. The molecule has 1 radical (unpaired) electrons. The van der Waals surface area contributed by atoms with Crippen LogP contribution in [0.2, 0.25) is 0 Å². The summed E-state index contributed by atoms with van der Waals surface area (Å²) in [5.41, 5.74) is 5.01. The Morgan fingerprint density at radius 3 is 2.31 bits per heavy atom. The number of aliphatic carboxylic acids is 1. The van der Waals surface area contributed by atoms with Crippen LogP contribution < -0.4 is 16.1 Å². The SMILES string of the molecule is CC(C)(C)OC(=O)NC1=NOOC(C)(C)C[C](C2c3ccccc3-c3ccccc32)OON[C@H](C(=O)O)CCCCN1. The molecule has 0 saturated carbocycles. The van der Waals surface area contributed by atoms with Crippen molar-refractivity contribution in [3.8, 4) is 11.1 Å². The predicted octanol–water partition coefficient (Wildman–Crippen LogP) is 4.92. The van der Waals surface area contributed by atoms with Crippen LogP contribution in [0.5, 0.6) is 0 Å². The molecule has 4 rings (SSSR count). The highest BCUT2D eigenvalue weighted by atomic mass is 17.3. The minimum absolute atomic E-state index is 0.0116. The van der Waals surface area contributed by atoms with E-state index in [1.807, 2.05) is 36.4 Å². The van der Waals surface area contributed by atoms with E-state index in [2.05, 4.69) is 33.4 Å². The number of benzene rings is 2. The van der Waals surface area contributed by atoms with Gasteiger partial charge in [-0.1, -0.05) is 48.5 Å². The molecular weight excluding hydrogens is 544 g/mol. The first-order valence-corrected chi connectivity index (χ1v) is 14.0. The van der Waals surface area contributed by atoms with Crippen molar-refractivity contribution >= 4 is 18.0 Å². The smallest absolute Gasteiger partial charge is 0.414 e. The second kappa shape index (κ2) is 13.5. The zero-order valence-electron chi connectivity index (χ0n) is 24.6. The highest BCUT2D eigenvalue weighted by Gasteiger charge is 2.41. The molecule has 1 aliphatic heterocycles. The summed E-state index contributed by atoms with van der Waals surface area (Å²) in [7, 11) is 0. The van der Waals surface area contributed by atoms with Crippen LogP contribution in [0.4, 0.5) is 4.79 Å². The molecule has 12 heteroatoms. The van der Waals surface area contributed by atoms with E-state index in [1.165, 1.54) is 0 Å². The van der Waals surface area contributed by atoms with Crippen molar-refractivity contribution in [2.24, 2.45) is 5.16 Å². The maximum absolute atomic E-state index is 12.4. The summed E-state index contributed by atoms with van der Waals surface area (Å²) < 4.78 is 5.32. The lowest BCUT2D eigenvalue weighted by atomic mass is 9.85. The maximum Gasteiger partial charge on any atom is 0.414 e. The number of hydroxylamine groups is 1. The minimum Gasteiger partial charge on any atom is -0.480 e. The molecule has 1 heterocycles. The van der Waals surface area contributed by atoms with Gasteiger partial charge in [0, 0.05) is 18.9 Å². The number of nitrogens with zero attached hydrogens (tertiary/aromatic N) is 1. The van der Waals surface area contributed by atoms with E-state index < -0.39 is 29.3 Å². The zero-order chi connectivity index (χ0) is 30.3. The molecule has 42 heavy (non-hydrogen) atoms. The van der Waals surface area contributed by atoms with E-state index in [4.69, 9.17) is 24.5 Å². The van der Waals surface area contributed by atoms with Crippen molar-refractivity contribution in [2.75, 3.05) is 6.54 Å². The molecule has 0 saturated heterocycles. The predicted molar refractivity (Wildman–Crippen MR) is 153 cm³/mol. The number of carboxylic acid groups (broad SMARTS) is 1. The second-order valence-corrected chi connectivity index (χ2v) is 11.8.